The molecule has 100 valence electrons. The van der Waals surface area contributed by atoms with Gasteiger partial charge in [-0.1, -0.05) is 29.3 Å². The highest BCUT2D eigenvalue weighted by atomic mass is 79.9. The maximum atomic E-state index is 11.9. The molecule has 0 aliphatic heterocycles. The van der Waals surface area contributed by atoms with Crippen molar-refractivity contribution in [2.45, 2.75) is 45.8 Å². The van der Waals surface area contributed by atoms with Crippen molar-refractivity contribution in [1.29, 1.82) is 0 Å². The van der Waals surface area contributed by atoms with Crippen LogP contribution < -0.4 is 10.1 Å². The Morgan fingerprint density at radius 3 is 2.50 bits per heavy atom. The molecule has 0 aliphatic carbocycles. The van der Waals surface area contributed by atoms with E-state index < -0.39 is 6.10 Å². The Balaban J connectivity index is 2.46. The van der Waals surface area contributed by atoms with Gasteiger partial charge in [0, 0.05) is 10.5 Å². The van der Waals surface area contributed by atoms with Gasteiger partial charge in [-0.3, -0.25) is 4.79 Å². The number of hydrogen-bond acceptors (Lipinski definition) is 2. The summed E-state index contributed by atoms with van der Waals surface area (Å²) in [6.45, 7) is 5.87. The van der Waals surface area contributed by atoms with Crippen molar-refractivity contribution in [2.24, 2.45) is 0 Å². The molecule has 0 fully saturated rings. The van der Waals surface area contributed by atoms with Crippen molar-refractivity contribution in [2.75, 3.05) is 0 Å². The number of benzene rings is 1. The second kappa shape index (κ2) is 7.41. The van der Waals surface area contributed by atoms with Crippen LogP contribution in [0.5, 0.6) is 5.75 Å². The molecule has 0 saturated carbocycles. The van der Waals surface area contributed by atoms with Crippen LogP contribution in [0, 0.1) is 0 Å². The summed E-state index contributed by atoms with van der Waals surface area (Å²) in [5.41, 5.74) is 0. The van der Waals surface area contributed by atoms with Gasteiger partial charge in [0.15, 0.2) is 6.10 Å². The summed E-state index contributed by atoms with van der Waals surface area (Å²) < 4.78 is 6.57. The first-order valence-electron chi connectivity index (χ1n) is 6.25. The quantitative estimate of drug-likeness (QED) is 0.872. The zero-order valence-electron chi connectivity index (χ0n) is 11.1. The molecular formula is C14H20BrNO2. The van der Waals surface area contributed by atoms with E-state index in [0.29, 0.717) is 5.75 Å². The molecule has 1 amide bonds. The molecule has 1 aromatic rings. The average molecular weight is 314 g/mol. The minimum Gasteiger partial charge on any atom is -0.481 e. The van der Waals surface area contributed by atoms with E-state index >= 15 is 0 Å². The van der Waals surface area contributed by atoms with Crippen LogP contribution in [0.4, 0.5) is 0 Å². The van der Waals surface area contributed by atoms with E-state index in [2.05, 4.69) is 28.2 Å². The zero-order chi connectivity index (χ0) is 13.5. The number of rotatable bonds is 6. The van der Waals surface area contributed by atoms with Gasteiger partial charge in [0.2, 0.25) is 0 Å². The van der Waals surface area contributed by atoms with Gasteiger partial charge in [-0.2, -0.15) is 0 Å². The smallest absolute Gasteiger partial charge is 0.260 e. The first-order valence-corrected chi connectivity index (χ1v) is 7.04. The van der Waals surface area contributed by atoms with E-state index in [1.807, 2.05) is 31.2 Å². The Kier molecular flexibility index (Phi) is 6.19. The summed E-state index contributed by atoms with van der Waals surface area (Å²) in [6.07, 6.45) is 1.56. The van der Waals surface area contributed by atoms with Gasteiger partial charge in [0.25, 0.3) is 5.91 Å². The third-order valence-corrected chi connectivity index (χ3v) is 3.13. The van der Waals surface area contributed by atoms with Crippen molar-refractivity contribution < 1.29 is 9.53 Å². The van der Waals surface area contributed by atoms with Gasteiger partial charge in [-0.05, 0) is 44.5 Å². The molecule has 0 radical (unpaired) electrons. The molecule has 0 spiro atoms. The third-order valence-electron chi connectivity index (χ3n) is 2.61. The molecule has 4 heteroatoms. The molecule has 2 atom stereocenters. The Morgan fingerprint density at radius 2 is 1.94 bits per heavy atom. The Bertz CT molecular complexity index is 378. The molecule has 0 heterocycles. The summed E-state index contributed by atoms with van der Waals surface area (Å²) in [5.74, 6) is 0.628. The van der Waals surface area contributed by atoms with Crippen LogP contribution in [0.15, 0.2) is 28.7 Å². The molecular weight excluding hydrogens is 294 g/mol. The maximum absolute atomic E-state index is 11.9. The predicted octanol–water partition coefficient (Wildman–Crippen LogP) is 3.52. The van der Waals surface area contributed by atoms with E-state index in [0.717, 1.165) is 17.3 Å². The van der Waals surface area contributed by atoms with Crippen molar-refractivity contribution in [3.8, 4) is 5.75 Å². The molecule has 1 rings (SSSR count). The van der Waals surface area contributed by atoms with E-state index in [-0.39, 0.29) is 11.9 Å². The second-order valence-electron chi connectivity index (χ2n) is 4.41. The summed E-state index contributed by atoms with van der Waals surface area (Å²) in [4.78, 5) is 11.9. The first-order chi connectivity index (χ1) is 8.52. The number of amides is 1. The van der Waals surface area contributed by atoms with Crippen molar-refractivity contribution in [3.63, 3.8) is 0 Å². The number of halogens is 1. The molecule has 0 aliphatic rings. The largest absolute Gasteiger partial charge is 0.481 e. The van der Waals surface area contributed by atoms with Crippen LogP contribution in [-0.4, -0.2) is 18.1 Å². The average Bonchev–Trinajstić information content (AvgIpc) is 2.32. The highest BCUT2D eigenvalue weighted by molar-refractivity contribution is 9.10. The third kappa shape index (κ3) is 5.08. The zero-order valence-corrected chi connectivity index (χ0v) is 12.7. The molecule has 0 bridgehead atoms. The highest BCUT2D eigenvalue weighted by Crippen LogP contribution is 2.17. The number of carbonyl (C=O) groups is 1. The van der Waals surface area contributed by atoms with Gasteiger partial charge < -0.3 is 10.1 Å². The number of hydrogen-bond donors (Lipinski definition) is 1. The lowest BCUT2D eigenvalue weighted by molar-refractivity contribution is -0.127. The molecule has 0 saturated heterocycles. The first kappa shape index (κ1) is 15.0. The molecule has 1 N–H and O–H groups in total. The molecule has 3 nitrogen and oxygen atoms in total. The lowest BCUT2D eigenvalue weighted by Gasteiger charge is -2.18. The number of nitrogens with one attached hydrogen (secondary N) is 1. The monoisotopic (exact) mass is 313 g/mol. The van der Waals surface area contributed by atoms with Gasteiger partial charge in [-0.25, -0.2) is 0 Å². The van der Waals surface area contributed by atoms with Crippen LogP contribution in [0.25, 0.3) is 0 Å². The Morgan fingerprint density at radius 1 is 1.33 bits per heavy atom. The van der Waals surface area contributed by atoms with Crippen LogP contribution in [0.1, 0.15) is 33.6 Å². The van der Waals surface area contributed by atoms with E-state index in [4.69, 9.17) is 4.74 Å². The number of ether oxygens (including phenoxy) is 1. The van der Waals surface area contributed by atoms with Crippen LogP contribution in [0.2, 0.25) is 0 Å². The van der Waals surface area contributed by atoms with Crippen LogP contribution >= 0.6 is 15.9 Å². The molecule has 1 aromatic carbocycles. The van der Waals surface area contributed by atoms with Gasteiger partial charge in [0.1, 0.15) is 5.75 Å². The number of carbonyl (C=O) groups excluding carboxylic acids is 1. The summed E-state index contributed by atoms with van der Waals surface area (Å²) in [5, 5.41) is 2.94. The second-order valence-corrected chi connectivity index (χ2v) is 5.33. The van der Waals surface area contributed by atoms with Crippen molar-refractivity contribution in [1.82, 2.24) is 5.32 Å². The molecule has 0 unspecified atom stereocenters. The Hall–Kier alpha value is -1.03. The normalized spacial score (nSPS) is 13.8. The van der Waals surface area contributed by atoms with E-state index in [1.54, 1.807) is 6.92 Å². The maximum Gasteiger partial charge on any atom is 0.260 e. The fourth-order valence-electron chi connectivity index (χ4n) is 1.64. The summed E-state index contributed by atoms with van der Waals surface area (Å²) >= 11 is 3.36. The Labute approximate surface area is 117 Å². The fourth-order valence-corrected chi connectivity index (χ4v) is 1.90. The molecule has 18 heavy (non-hydrogen) atoms. The minimum atomic E-state index is -0.481. The fraction of sp³-hybridized carbons (Fsp3) is 0.500. The van der Waals surface area contributed by atoms with Crippen LogP contribution in [-0.2, 0) is 4.79 Å². The lowest BCUT2D eigenvalue weighted by atomic mass is 10.2. The van der Waals surface area contributed by atoms with Crippen LogP contribution in [0.3, 0.4) is 0 Å². The minimum absolute atomic E-state index is 0.0705. The summed E-state index contributed by atoms with van der Waals surface area (Å²) in [6, 6.07) is 7.64. The summed E-state index contributed by atoms with van der Waals surface area (Å²) in [7, 11) is 0. The van der Waals surface area contributed by atoms with Gasteiger partial charge >= 0.3 is 0 Å². The SMILES string of the molecule is CCC[C@H](C)NC(=O)[C@@H](C)Oc1ccc(Br)cc1. The highest BCUT2D eigenvalue weighted by Gasteiger charge is 2.16. The standard InChI is InChI=1S/C14H20BrNO2/c1-4-5-10(2)16-14(17)11(3)18-13-8-6-12(15)7-9-13/h6-11H,4-5H2,1-3H3,(H,16,17)/t10-,11+/m0/s1. The molecule has 0 aromatic heterocycles. The van der Waals surface area contributed by atoms with Crippen molar-refractivity contribution in [3.05, 3.63) is 28.7 Å². The van der Waals surface area contributed by atoms with E-state index in [9.17, 15) is 4.79 Å². The van der Waals surface area contributed by atoms with Gasteiger partial charge in [0.05, 0.1) is 0 Å². The van der Waals surface area contributed by atoms with E-state index in [1.165, 1.54) is 0 Å². The predicted molar refractivity (Wildman–Crippen MR) is 76.7 cm³/mol. The topological polar surface area (TPSA) is 38.3 Å². The van der Waals surface area contributed by atoms with Gasteiger partial charge in [-0.15, -0.1) is 0 Å². The van der Waals surface area contributed by atoms with Crippen molar-refractivity contribution >= 4 is 21.8 Å². The lowest BCUT2D eigenvalue weighted by Crippen LogP contribution is -2.41.